The number of aromatic nitrogens is 3. The Bertz CT molecular complexity index is 1280. The number of pyridine rings is 1. The van der Waals surface area contributed by atoms with Crippen LogP contribution in [-0.2, 0) is 4.79 Å². The summed E-state index contributed by atoms with van der Waals surface area (Å²) in [5.74, 6) is 0.613. The lowest BCUT2D eigenvalue weighted by Gasteiger charge is -2.26. The van der Waals surface area contributed by atoms with Gasteiger partial charge < -0.3 is 15.0 Å². The molecule has 7 heteroatoms. The van der Waals surface area contributed by atoms with E-state index in [9.17, 15) is 4.79 Å². The summed E-state index contributed by atoms with van der Waals surface area (Å²) in [6.45, 7) is 0.440. The van der Waals surface area contributed by atoms with E-state index in [1.165, 1.54) is 0 Å². The van der Waals surface area contributed by atoms with Crippen molar-refractivity contribution in [3.8, 4) is 22.7 Å². The van der Waals surface area contributed by atoms with Crippen molar-refractivity contribution in [1.82, 2.24) is 25.0 Å². The molecule has 4 rings (SSSR count). The molecule has 0 saturated heterocycles. The third kappa shape index (κ3) is 5.83. The van der Waals surface area contributed by atoms with E-state index in [4.69, 9.17) is 9.84 Å². The van der Waals surface area contributed by atoms with Gasteiger partial charge in [0.25, 0.3) is 0 Å². The first kappa shape index (κ1) is 23.9. The third-order valence-electron chi connectivity index (χ3n) is 5.70. The number of ether oxygens (including phenoxy) is 1. The van der Waals surface area contributed by atoms with Crippen LogP contribution in [0.3, 0.4) is 0 Å². The predicted octanol–water partition coefficient (Wildman–Crippen LogP) is 4.38. The Morgan fingerprint density at radius 3 is 2.57 bits per heavy atom. The monoisotopic (exact) mass is 467 g/mol. The van der Waals surface area contributed by atoms with E-state index in [1.807, 2.05) is 91.7 Å². The van der Waals surface area contributed by atoms with E-state index in [0.29, 0.717) is 6.54 Å². The Kier molecular flexibility index (Phi) is 7.70. The van der Waals surface area contributed by atoms with Gasteiger partial charge in [-0.15, -0.1) is 0 Å². The number of amides is 1. The standard InChI is InChI=1S/C28H29N5O2/c1-32(2)25(24-13-7-8-14-26(24)35-3)19-30-27(34)16-15-22-20-33(23-11-5-4-6-12-23)31-28(22)21-10-9-17-29-18-21/h4-18,20,25H,19H2,1-3H3,(H,30,34)/b16-15+. The summed E-state index contributed by atoms with van der Waals surface area (Å²) in [7, 11) is 5.62. The van der Waals surface area contributed by atoms with E-state index >= 15 is 0 Å². The molecule has 0 aliphatic heterocycles. The van der Waals surface area contributed by atoms with Crippen molar-refractivity contribution in [3.05, 3.63) is 103 Å². The van der Waals surface area contributed by atoms with E-state index in [2.05, 4.69) is 15.2 Å². The number of benzene rings is 2. The molecule has 2 aromatic carbocycles. The molecule has 7 nitrogen and oxygen atoms in total. The summed E-state index contributed by atoms with van der Waals surface area (Å²) in [6.07, 6.45) is 8.74. The number of hydrogen-bond acceptors (Lipinski definition) is 5. The summed E-state index contributed by atoms with van der Waals surface area (Å²) >= 11 is 0. The van der Waals surface area contributed by atoms with E-state index in [-0.39, 0.29) is 11.9 Å². The molecule has 1 N–H and O–H groups in total. The molecule has 0 radical (unpaired) electrons. The smallest absolute Gasteiger partial charge is 0.244 e. The number of methoxy groups -OCH3 is 1. The Labute approximate surface area is 205 Å². The highest BCUT2D eigenvalue weighted by molar-refractivity contribution is 5.92. The molecule has 2 heterocycles. The van der Waals surface area contributed by atoms with Gasteiger partial charge >= 0.3 is 0 Å². The molecular weight excluding hydrogens is 438 g/mol. The fourth-order valence-corrected chi connectivity index (χ4v) is 3.88. The summed E-state index contributed by atoms with van der Waals surface area (Å²) in [5, 5.41) is 7.78. The SMILES string of the molecule is COc1ccccc1C(CNC(=O)/C=C/c1cn(-c2ccccc2)nc1-c1cccnc1)N(C)C. The molecule has 1 amide bonds. The number of carbonyl (C=O) groups excluding carboxylic acids is 1. The average Bonchev–Trinajstić information content (AvgIpc) is 3.33. The van der Waals surface area contributed by atoms with Crippen LogP contribution in [0.4, 0.5) is 0 Å². The Morgan fingerprint density at radius 1 is 1.09 bits per heavy atom. The van der Waals surface area contributed by atoms with Gasteiger partial charge in [0.05, 0.1) is 18.8 Å². The normalized spacial score (nSPS) is 12.1. The largest absolute Gasteiger partial charge is 0.496 e. The first-order valence-electron chi connectivity index (χ1n) is 11.4. The van der Waals surface area contributed by atoms with Gasteiger partial charge in [-0.2, -0.15) is 5.10 Å². The van der Waals surface area contributed by atoms with Crippen LogP contribution in [0.5, 0.6) is 5.75 Å². The topological polar surface area (TPSA) is 72.3 Å². The maximum Gasteiger partial charge on any atom is 0.244 e. The van der Waals surface area contributed by atoms with Crippen molar-refractivity contribution < 1.29 is 9.53 Å². The van der Waals surface area contributed by atoms with Crippen LogP contribution in [0.1, 0.15) is 17.2 Å². The van der Waals surface area contributed by atoms with Crippen molar-refractivity contribution >= 4 is 12.0 Å². The Morgan fingerprint density at radius 2 is 1.86 bits per heavy atom. The number of rotatable bonds is 9. The van der Waals surface area contributed by atoms with Gasteiger partial charge in [0.2, 0.25) is 5.91 Å². The summed E-state index contributed by atoms with van der Waals surface area (Å²) < 4.78 is 7.32. The first-order valence-corrected chi connectivity index (χ1v) is 11.4. The highest BCUT2D eigenvalue weighted by atomic mass is 16.5. The molecular formula is C28H29N5O2. The van der Waals surface area contributed by atoms with Crippen molar-refractivity contribution in [1.29, 1.82) is 0 Å². The van der Waals surface area contributed by atoms with E-state index in [1.54, 1.807) is 31.7 Å². The van der Waals surface area contributed by atoms with Gasteiger partial charge in [-0.25, -0.2) is 4.68 Å². The van der Waals surface area contributed by atoms with Crippen molar-refractivity contribution in [2.75, 3.05) is 27.7 Å². The molecule has 0 aliphatic carbocycles. The van der Waals surface area contributed by atoms with Gasteiger partial charge in [0, 0.05) is 47.9 Å². The van der Waals surface area contributed by atoms with Crippen molar-refractivity contribution in [2.24, 2.45) is 0 Å². The minimum absolute atomic E-state index is 0.0321. The van der Waals surface area contributed by atoms with E-state index in [0.717, 1.165) is 33.8 Å². The molecule has 0 bridgehead atoms. The molecule has 1 unspecified atom stereocenters. The molecule has 0 aliphatic rings. The van der Waals surface area contributed by atoms with Crippen LogP contribution in [0, 0.1) is 0 Å². The van der Waals surface area contributed by atoms with Gasteiger partial charge in [-0.3, -0.25) is 9.78 Å². The number of hydrogen-bond donors (Lipinski definition) is 1. The first-order chi connectivity index (χ1) is 17.1. The molecule has 4 aromatic rings. The van der Waals surface area contributed by atoms with Gasteiger partial charge in [0.1, 0.15) is 11.4 Å². The second-order valence-electron chi connectivity index (χ2n) is 8.25. The second kappa shape index (κ2) is 11.3. The summed E-state index contributed by atoms with van der Waals surface area (Å²) in [6, 6.07) is 21.5. The molecule has 0 fully saturated rings. The number of nitrogens with zero attached hydrogens (tertiary/aromatic N) is 4. The lowest BCUT2D eigenvalue weighted by molar-refractivity contribution is -0.116. The number of carbonyl (C=O) groups is 1. The van der Waals surface area contributed by atoms with E-state index < -0.39 is 0 Å². The zero-order valence-electron chi connectivity index (χ0n) is 20.1. The quantitative estimate of drug-likeness (QED) is 0.370. The van der Waals surface area contributed by atoms with Crippen LogP contribution in [0.25, 0.3) is 23.0 Å². The number of likely N-dealkylation sites (N-methyl/N-ethyl adjacent to an activating group) is 1. The van der Waals surface area contributed by atoms with Crippen molar-refractivity contribution in [2.45, 2.75) is 6.04 Å². The van der Waals surface area contributed by atoms with Gasteiger partial charge in [0.15, 0.2) is 0 Å². The molecule has 0 saturated carbocycles. The third-order valence-corrected chi connectivity index (χ3v) is 5.70. The molecule has 35 heavy (non-hydrogen) atoms. The van der Waals surface area contributed by atoms with Crippen LogP contribution in [0.15, 0.2) is 91.4 Å². The molecule has 1 atom stereocenters. The maximum absolute atomic E-state index is 12.8. The number of para-hydroxylation sites is 2. The highest BCUT2D eigenvalue weighted by Crippen LogP contribution is 2.27. The molecule has 178 valence electrons. The maximum atomic E-state index is 12.8. The van der Waals surface area contributed by atoms with Gasteiger partial charge in [-0.1, -0.05) is 36.4 Å². The minimum Gasteiger partial charge on any atom is -0.496 e. The fourth-order valence-electron chi connectivity index (χ4n) is 3.88. The predicted molar refractivity (Wildman–Crippen MR) is 138 cm³/mol. The highest BCUT2D eigenvalue weighted by Gasteiger charge is 2.18. The lowest BCUT2D eigenvalue weighted by atomic mass is 10.0. The van der Waals surface area contributed by atoms with Crippen molar-refractivity contribution in [3.63, 3.8) is 0 Å². The molecule has 0 spiro atoms. The molecule has 2 aromatic heterocycles. The van der Waals surface area contributed by atoms with Crippen LogP contribution < -0.4 is 10.1 Å². The minimum atomic E-state index is -0.184. The summed E-state index contributed by atoms with van der Waals surface area (Å²) in [4.78, 5) is 19.0. The second-order valence-corrected chi connectivity index (χ2v) is 8.25. The lowest BCUT2D eigenvalue weighted by Crippen LogP contribution is -2.33. The zero-order valence-corrected chi connectivity index (χ0v) is 20.1. The van der Waals surface area contributed by atoms with Crippen LogP contribution in [-0.4, -0.2) is 53.3 Å². The number of nitrogens with one attached hydrogen (secondary N) is 1. The zero-order chi connectivity index (χ0) is 24.6. The average molecular weight is 468 g/mol. The Hall–Kier alpha value is -4.23. The summed E-state index contributed by atoms with van der Waals surface area (Å²) in [5.41, 5.74) is 4.42. The van der Waals surface area contributed by atoms with Crippen LogP contribution >= 0.6 is 0 Å². The fraction of sp³-hybridized carbons (Fsp3) is 0.179. The van der Waals surface area contributed by atoms with Gasteiger partial charge in [-0.05, 0) is 50.5 Å². The Balaban J connectivity index is 1.54. The van der Waals surface area contributed by atoms with Crippen LogP contribution in [0.2, 0.25) is 0 Å².